The monoisotopic (exact) mass is 305 g/mol. The number of hydrogen-bond donors (Lipinski definition) is 0. The van der Waals surface area contributed by atoms with Crippen molar-refractivity contribution in [2.45, 2.75) is 38.3 Å². The minimum Gasteiger partial charge on any atom is -0.458 e. The fourth-order valence-corrected chi connectivity index (χ4v) is 2.22. The summed E-state index contributed by atoms with van der Waals surface area (Å²) in [7, 11) is 0. The summed E-state index contributed by atoms with van der Waals surface area (Å²) in [6, 6.07) is 7.31. The first-order valence-electron chi connectivity index (χ1n) is 6.94. The van der Waals surface area contributed by atoms with E-state index in [4.69, 9.17) is 16.3 Å². The molecule has 0 heterocycles. The number of rotatable bonds is 4. The van der Waals surface area contributed by atoms with Crippen LogP contribution in [0.15, 0.2) is 41.9 Å². The van der Waals surface area contributed by atoms with E-state index < -0.39 is 11.1 Å². The lowest BCUT2D eigenvalue weighted by Crippen LogP contribution is -2.33. The van der Waals surface area contributed by atoms with Gasteiger partial charge in [0.05, 0.1) is 0 Å². The molecule has 4 heteroatoms. The van der Waals surface area contributed by atoms with Crippen LogP contribution < -0.4 is 0 Å². The topological polar surface area (TPSA) is 38.7 Å². The first kappa shape index (κ1) is 15.8. The molecule has 0 unspecified atom stereocenters. The highest BCUT2D eigenvalue weighted by Crippen LogP contribution is 2.49. The van der Waals surface area contributed by atoms with Crippen LogP contribution in [-0.4, -0.2) is 23.3 Å². The molecule has 0 radical (unpaired) electrons. The molecule has 1 aliphatic carbocycles. The van der Waals surface area contributed by atoms with Crippen molar-refractivity contribution in [1.82, 2.24) is 0 Å². The van der Waals surface area contributed by atoms with Crippen LogP contribution in [0.1, 0.15) is 32.8 Å². The minimum atomic E-state index is -0.811. The predicted molar refractivity (Wildman–Crippen MR) is 85.9 cm³/mol. The van der Waals surface area contributed by atoms with Crippen LogP contribution in [-0.2, 0) is 9.53 Å². The van der Waals surface area contributed by atoms with Gasteiger partial charge in [0.15, 0.2) is 5.54 Å². The minimum absolute atomic E-state index is 0.0379. The predicted octanol–water partition coefficient (Wildman–Crippen LogP) is 4.05. The number of esters is 1. The van der Waals surface area contributed by atoms with Crippen LogP contribution >= 0.6 is 11.6 Å². The Bertz CT molecular complexity index is 571. The Morgan fingerprint density at radius 2 is 2.05 bits per heavy atom. The van der Waals surface area contributed by atoms with Gasteiger partial charge >= 0.3 is 5.97 Å². The van der Waals surface area contributed by atoms with Gasteiger partial charge in [0, 0.05) is 17.2 Å². The molecule has 1 saturated carbocycles. The Morgan fingerprint density at radius 3 is 2.52 bits per heavy atom. The molecule has 0 aliphatic heterocycles. The van der Waals surface area contributed by atoms with Gasteiger partial charge in [0.25, 0.3) is 0 Å². The summed E-state index contributed by atoms with van der Waals surface area (Å²) in [5.41, 5.74) is -0.430. The first-order valence-corrected chi connectivity index (χ1v) is 7.31. The van der Waals surface area contributed by atoms with Gasteiger partial charge in [0.1, 0.15) is 5.60 Å². The standard InChI is InChI=1S/C17H20ClNO2/c1-5-13-10-17(13,15(20)21-16(2,3)4)19-11-12-6-8-14(18)9-7-12/h5-9,11,13H,1,10H2,2-4H3/b19-11+/t13-,17-/m0/s1. The van der Waals surface area contributed by atoms with Gasteiger partial charge in [-0.25, -0.2) is 4.79 Å². The Balaban J connectivity index is 2.18. The number of carbonyl (C=O) groups is 1. The van der Waals surface area contributed by atoms with Gasteiger partial charge in [-0.05, 0) is 44.9 Å². The maximum atomic E-state index is 12.4. The Hall–Kier alpha value is -1.61. The quantitative estimate of drug-likeness (QED) is 0.478. The molecule has 2 rings (SSSR count). The molecular formula is C17H20ClNO2. The molecule has 0 spiro atoms. The number of nitrogens with zero attached hydrogens (tertiary/aromatic N) is 1. The van der Waals surface area contributed by atoms with Crippen LogP contribution in [0.3, 0.4) is 0 Å². The molecule has 3 nitrogen and oxygen atoms in total. The molecule has 112 valence electrons. The van der Waals surface area contributed by atoms with E-state index in [0.717, 1.165) is 5.56 Å². The number of carbonyl (C=O) groups excluding carboxylic acids is 1. The molecule has 1 fully saturated rings. The second-order valence-electron chi connectivity index (χ2n) is 6.28. The maximum absolute atomic E-state index is 12.4. The lowest BCUT2D eigenvalue weighted by molar-refractivity contribution is -0.157. The van der Waals surface area contributed by atoms with E-state index in [1.165, 1.54) is 0 Å². The van der Waals surface area contributed by atoms with E-state index in [9.17, 15) is 4.79 Å². The van der Waals surface area contributed by atoms with Gasteiger partial charge in [-0.2, -0.15) is 0 Å². The highest BCUT2D eigenvalue weighted by atomic mass is 35.5. The zero-order valence-electron chi connectivity index (χ0n) is 12.6. The second-order valence-corrected chi connectivity index (χ2v) is 6.72. The summed E-state index contributed by atoms with van der Waals surface area (Å²) in [5.74, 6) is -0.249. The number of aliphatic imine (C=N–C) groups is 1. The number of halogens is 1. The fraction of sp³-hybridized carbons (Fsp3) is 0.412. The highest BCUT2D eigenvalue weighted by molar-refractivity contribution is 6.30. The lowest BCUT2D eigenvalue weighted by Gasteiger charge is -2.22. The smallest absolute Gasteiger partial charge is 0.335 e. The third-order valence-electron chi connectivity index (χ3n) is 3.34. The van der Waals surface area contributed by atoms with Crippen molar-refractivity contribution in [1.29, 1.82) is 0 Å². The second kappa shape index (κ2) is 5.64. The van der Waals surface area contributed by atoms with Gasteiger partial charge in [-0.15, -0.1) is 6.58 Å². The molecule has 0 aromatic heterocycles. The summed E-state index contributed by atoms with van der Waals surface area (Å²) in [5, 5.41) is 0.671. The van der Waals surface area contributed by atoms with Crippen LogP contribution in [0, 0.1) is 5.92 Å². The van der Waals surface area contributed by atoms with Crippen molar-refractivity contribution < 1.29 is 9.53 Å². The SMILES string of the molecule is C=C[C@H]1C[C@@]1(/N=C/c1ccc(Cl)cc1)C(=O)OC(C)(C)C. The van der Waals surface area contributed by atoms with Gasteiger partial charge in [0.2, 0.25) is 0 Å². The van der Waals surface area contributed by atoms with Crippen molar-refractivity contribution in [2.24, 2.45) is 10.9 Å². The normalized spacial score (nSPS) is 24.9. The van der Waals surface area contributed by atoms with Crippen LogP contribution in [0.4, 0.5) is 0 Å². The number of hydrogen-bond acceptors (Lipinski definition) is 3. The molecule has 0 amide bonds. The van der Waals surface area contributed by atoms with Crippen LogP contribution in [0.2, 0.25) is 5.02 Å². The van der Waals surface area contributed by atoms with Gasteiger partial charge in [-0.1, -0.05) is 29.8 Å². The van der Waals surface area contributed by atoms with Crippen molar-refractivity contribution in [3.8, 4) is 0 Å². The lowest BCUT2D eigenvalue weighted by atomic mass is 10.1. The third-order valence-corrected chi connectivity index (χ3v) is 3.59. The number of ether oxygens (including phenoxy) is 1. The molecule has 1 aromatic rings. The van der Waals surface area contributed by atoms with E-state index in [0.29, 0.717) is 11.4 Å². The summed E-state index contributed by atoms with van der Waals surface area (Å²) >= 11 is 5.85. The van der Waals surface area contributed by atoms with E-state index in [-0.39, 0.29) is 11.9 Å². The molecule has 21 heavy (non-hydrogen) atoms. The van der Waals surface area contributed by atoms with Gasteiger partial charge in [-0.3, -0.25) is 4.99 Å². The molecule has 1 aliphatic rings. The first-order chi connectivity index (χ1) is 9.77. The van der Waals surface area contributed by atoms with Crippen LogP contribution in [0.25, 0.3) is 0 Å². The van der Waals surface area contributed by atoms with E-state index in [2.05, 4.69) is 11.6 Å². The molecule has 1 aromatic carbocycles. The number of benzene rings is 1. The molecule has 2 atom stereocenters. The Labute approximate surface area is 130 Å². The average Bonchev–Trinajstić information content (AvgIpc) is 3.11. The van der Waals surface area contributed by atoms with Crippen molar-refractivity contribution >= 4 is 23.8 Å². The van der Waals surface area contributed by atoms with E-state index in [1.54, 1.807) is 24.4 Å². The maximum Gasteiger partial charge on any atom is 0.335 e. The zero-order valence-corrected chi connectivity index (χ0v) is 13.4. The Morgan fingerprint density at radius 1 is 1.43 bits per heavy atom. The molecule has 0 saturated heterocycles. The summed E-state index contributed by atoms with van der Waals surface area (Å²) < 4.78 is 5.48. The van der Waals surface area contributed by atoms with Crippen molar-refractivity contribution in [2.75, 3.05) is 0 Å². The Kier molecular flexibility index (Phi) is 4.24. The fourth-order valence-electron chi connectivity index (χ4n) is 2.10. The summed E-state index contributed by atoms with van der Waals surface area (Å²) in [6.07, 6.45) is 4.11. The molecule has 0 bridgehead atoms. The zero-order chi connectivity index (χ0) is 15.7. The largest absolute Gasteiger partial charge is 0.458 e. The third kappa shape index (κ3) is 3.73. The summed E-state index contributed by atoms with van der Waals surface area (Å²) in [4.78, 5) is 16.9. The van der Waals surface area contributed by atoms with Crippen LogP contribution in [0.5, 0.6) is 0 Å². The van der Waals surface area contributed by atoms with Gasteiger partial charge < -0.3 is 4.74 Å². The van der Waals surface area contributed by atoms with Crippen molar-refractivity contribution in [3.05, 3.63) is 47.5 Å². The molecular weight excluding hydrogens is 286 g/mol. The van der Waals surface area contributed by atoms with E-state index >= 15 is 0 Å². The van der Waals surface area contributed by atoms with Crippen molar-refractivity contribution in [3.63, 3.8) is 0 Å². The molecule has 0 N–H and O–H groups in total. The highest BCUT2D eigenvalue weighted by Gasteiger charge is 2.60. The summed E-state index contributed by atoms with van der Waals surface area (Å²) in [6.45, 7) is 9.33. The average molecular weight is 306 g/mol. The van der Waals surface area contributed by atoms with E-state index in [1.807, 2.05) is 32.9 Å².